The highest BCUT2D eigenvalue weighted by Crippen LogP contribution is 2.21. The number of alkyl halides is 2. The van der Waals surface area contributed by atoms with E-state index in [2.05, 4.69) is 4.90 Å². The maximum atomic E-state index is 13.1. The maximum Gasteiger partial charge on any atom is 0.319 e. The zero-order valence-electron chi connectivity index (χ0n) is 12.9. The second kappa shape index (κ2) is 6.56. The van der Waals surface area contributed by atoms with Crippen LogP contribution in [0.1, 0.15) is 42.0 Å². The van der Waals surface area contributed by atoms with Crippen LogP contribution < -0.4 is 0 Å². The average molecular weight is 299 g/mol. The van der Waals surface area contributed by atoms with E-state index in [1.807, 2.05) is 7.05 Å². The zero-order chi connectivity index (χ0) is 15.6. The van der Waals surface area contributed by atoms with Crippen LogP contribution in [0.5, 0.6) is 0 Å². The number of aryl methyl sites for hydroxylation is 1. The van der Waals surface area contributed by atoms with Crippen molar-refractivity contribution in [3.63, 3.8) is 0 Å². The van der Waals surface area contributed by atoms with Gasteiger partial charge in [0.15, 0.2) is 0 Å². The van der Waals surface area contributed by atoms with E-state index in [1.165, 1.54) is 12.5 Å². The highest BCUT2D eigenvalue weighted by Gasteiger charge is 2.26. The third-order valence-electron chi connectivity index (χ3n) is 4.29. The number of carbonyl (C=O) groups excluding carboxylic acids is 1. The van der Waals surface area contributed by atoms with Crippen molar-refractivity contribution >= 4 is 5.91 Å². The lowest BCUT2D eigenvalue weighted by Gasteiger charge is -2.35. The Morgan fingerprint density at radius 1 is 1.43 bits per heavy atom. The number of likely N-dealkylation sites (tertiary alicyclic amines) is 1. The molecule has 1 unspecified atom stereocenters. The van der Waals surface area contributed by atoms with Gasteiger partial charge in [-0.1, -0.05) is 6.42 Å². The van der Waals surface area contributed by atoms with Gasteiger partial charge < -0.3 is 9.80 Å². The van der Waals surface area contributed by atoms with Gasteiger partial charge >= 0.3 is 6.55 Å². The van der Waals surface area contributed by atoms with Crippen LogP contribution in [0.2, 0.25) is 0 Å². The summed E-state index contributed by atoms with van der Waals surface area (Å²) < 4.78 is 26.9. The van der Waals surface area contributed by atoms with Gasteiger partial charge in [-0.2, -0.15) is 8.78 Å². The largest absolute Gasteiger partial charge is 0.339 e. The lowest BCUT2D eigenvalue weighted by molar-refractivity contribution is 0.0539. The lowest BCUT2D eigenvalue weighted by atomic mass is 10.0. The summed E-state index contributed by atoms with van der Waals surface area (Å²) in [6, 6.07) is 3.34. The molecule has 1 aliphatic rings. The van der Waals surface area contributed by atoms with Crippen LogP contribution in [0.25, 0.3) is 0 Å². The zero-order valence-corrected chi connectivity index (χ0v) is 12.9. The van der Waals surface area contributed by atoms with Crippen molar-refractivity contribution in [2.75, 3.05) is 27.2 Å². The number of nitrogens with zero attached hydrogens (tertiary/aromatic N) is 3. The molecule has 6 heteroatoms. The Morgan fingerprint density at radius 3 is 2.76 bits per heavy atom. The summed E-state index contributed by atoms with van der Waals surface area (Å²) >= 11 is 0. The first-order chi connectivity index (χ1) is 9.91. The van der Waals surface area contributed by atoms with E-state index in [0.717, 1.165) is 24.0 Å². The summed E-state index contributed by atoms with van der Waals surface area (Å²) in [6.07, 6.45) is 3.38. The molecular formula is C15H23F2N3O. The summed E-state index contributed by atoms with van der Waals surface area (Å²) in [6.45, 7) is 0.490. The van der Waals surface area contributed by atoms with Crippen molar-refractivity contribution in [3.8, 4) is 0 Å². The van der Waals surface area contributed by atoms with Crippen LogP contribution in [-0.4, -0.2) is 53.5 Å². The van der Waals surface area contributed by atoms with Gasteiger partial charge in [0.2, 0.25) is 0 Å². The van der Waals surface area contributed by atoms with Gasteiger partial charge in [-0.15, -0.1) is 0 Å². The molecule has 0 bridgehead atoms. The van der Waals surface area contributed by atoms with Crippen molar-refractivity contribution in [1.82, 2.24) is 14.4 Å². The standard InChI is InChI=1S/C15H23F2N3O/c1-11-7-8-13(20(11)15(16)17)14(21)19(3)10-12-6-4-5-9-18(12)2/h7-8,12,15H,4-6,9-10H2,1-3H3. The summed E-state index contributed by atoms with van der Waals surface area (Å²) in [5, 5.41) is 0. The molecule has 0 aromatic carbocycles. The van der Waals surface area contributed by atoms with Gasteiger partial charge in [-0.05, 0) is 45.5 Å². The summed E-state index contributed by atoms with van der Waals surface area (Å²) in [7, 11) is 3.73. The molecular weight excluding hydrogens is 276 g/mol. The summed E-state index contributed by atoms with van der Waals surface area (Å²) in [4.78, 5) is 16.2. The molecule has 1 aromatic rings. The van der Waals surface area contributed by atoms with Crippen LogP contribution in [0.15, 0.2) is 12.1 Å². The van der Waals surface area contributed by atoms with Crippen molar-refractivity contribution in [3.05, 3.63) is 23.5 Å². The highest BCUT2D eigenvalue weighted by atomic mass is 19.3. The van der Waals surface area contributed by atoms with Crippen molar-refractivity contribution in [1.29, 1.82) is 0 Å². The number of rotatable bonds is 4. The van der Waals surface area contributed by atoms with Gasteiger partial charge in [0.25, 0.3) is 5.91 Å². The van der Waals surface area contributed by atoms with Gasteiger partial charge in [0.05, 0.1) is 0 Å². The van der Waals surface area contributed by atoms with Crippen molar-refractivity contribution in [2.45, 2.75) is 38.8 Å². The van der Waals surface area contributed by atoms with E-state index < -0.39 is 6.55 Å². The first-order valence-corrected chi connectivity index (χ1v) is 7.33. The molecule has 4 nitrogen and oxygen atoms in total. The molecule has 1 saturated heterocycles. The molecule has 1 fully saturated rings. The Kier molecular flexibility index (Phi) is 4.98. The van der Waals surface area contributed by atoms with Crippen molar-refractivity contribution in [2.24, 2.45) is 0 Å². The minimum atomic E-state index is -2.69. The minimum absolute atomic E-state index is 0.0588. The summed E-state index contributed by atoms with van der Waals surface area (Å²) in [5.74, 6) is -0.345. The normalized spacial score (nSPS) is 20.0. The first kappa shape index (κ1) is 15.9. The molecule has 2 heterocycles. The molecule has 1 aromatic heterocycles. The Labute approximate surface area is 124 Å². The number of likely N-dealkylation sites (N-methyl/N-ethyl adjacent to an activating group) is 2. The number of carbonyl (C=O) groups is 1. The van der Waals surface area contributed by atoms with Crippen molar-refractivity contribution < 1.29 is 13.6 Å². The topological polar surface area (TPSA) is 28.5 Å². The Balaban J connectivity index is 2.09. The molecule has 0 radical (unpaired) electrons. The number of hydrogen-bond donors (Lipinski definition) is 0. The SMILES string of the molecule is Cc1ccc(C(=O)N(C)CC2CCCCN2C)n1C(F)F. The minimum Gasteiger partial charge on any atom is -0.339 e. The Morgan fingerprint density at radius 2 is 2.14 bits per heavy atom. The predicted molar refractivity (Wildman–Crippen MR) is 77.7 cm³/mol. The maximum absolute atomic E-state index is 13.1. The Hall–Kier alpha value is -1.43. The van der Waals surface area contributed by atoms with Crippen LogP contribution in [0, 0.1) is 6.92 Å². The molecule has 1 aliphatic heterocycles. The van der Waals surface area contributed by atoms with Crippen LogP contribution in [-0.2, 0) is 0 Å². The van der Waals surface area contributed by atoms with E-state index in [4.69, 9.17) is 0 Å². The van der Waals surface area contributed by atoms with Gasteiger partial charge in [0, 0.05) is 25.3 Å². The molecule has 1 amide bonds. The van der Waals surface area contributed by atoms with E-state index in [-0.39, 0.29) is 11.6 Å². The van der Waals surface area contributed by atoms with E-state index in [9.17, 15) is 13.6 Å². The third kappa shape index (κ3) is 3.43. The fraction of sp³-hybridized carbons (Fsp3) is 0.667. The molecule has 1 atom stereocenters. The second-order valence-electron chi connectivity index (χ2n) is 5.82. The summed E-state index contributed by atoms with van der Waals surface area (Å²) in [5.41, 5.74) is 0.458. The van der Waals surface area contributed by atoms with Crippen LogP contribution in [0.3, 0.4) is 0 Å². The second-order valence-corrected chi connectivity index (χ2v) is 5.82. The lowest BCUT2D eigenvalue weighted by Crippen LogP contribution is -2.45. The van der Waals surface area contributed by atoms with E-state index >= 15 is 0 Å². The van der Waals surface area contributed by atoms with E-state index in [1.54, 1.807) is 24.9 Å². The number of aromatic nitrogens is 1. The molecule has 0 N–H and O–H groups in total. The van der Waals surface area contributed by atoms with Crippen LogP contribution in [0.4, 0.5) is 8.78 Å². The molecule has 118 valence electrons. The smallest absolute Gasteiger partial charge is 0.319 e. The molecule has 21 heavy (non-hydrogen) atoms. The highest BCUT2D eigenvalue weighted by molar-refractivity contribution is 5.92. The van der Waals surface area contributed by atoms with Crippen LogP contribution >= 0.6 is 0 Å². The average Bonchev–Trinajstić information content (AvgIpc) is 2.82. The molecule has 2 rings (SSSR count). The fourth-order valence-corrected chi connectivity index (χ4v) is 2.95. The number of hydrogen-bond acceptors (Lipinski definition) is 2. The number of halogens is 2. The molecule has 0 spiro atoms. The fourth-order valence-electron chi connectivity index (χ4n) is 2.95. The van der Waals surface area contributed by atoms with Gasteiger partial charge in [0.1, 0.15) is 5.69 Å². The first-order valence-electron chi connectivity index (χ1n) is 7.33. The third-order valence-corrected chi connectivity index (χ3v) is 4.29. The van der Waals surface area contributed by atoms with Gasteiger partial charge in [-0.3, -0.25) is 9.36 Å². The molecule has 0 aliphatic carbocycles. The number of amides is 1. The molecule has 0 saturated carbocycles. The Bertz CT molecular complexity index is 501. The van der Waals surface area contributed by atoms with Gasteiger partial charge in [-0.25, -0.2) is 0 Å². The predicted octanol–water partition coefficient (Wildman–Crippen LogP) is 2.75. The number of piperidine rings is 1. The monoisotopic (exact) mass is 299 g/mol. The quantitative estimate of drug-likeness (QED) is 0.855. The van der Waals surface area contributed by atoms with E-state index in [0.29, 0.717) is 18.3 Å².